The standard InChI is InChI=1S/CH2O3.Mn.Ni.Zn/c2-1(3)4;;;/h(H2,2,3,4);;;. The second-order valence-corrected chi connectivity index (χ2v) is 0.283. The van der Waals surface area contributed by atoms with Gasteiger partial charge in [0.25, 0.3) is 0 Å². The van der Waals surface area contributed by atoms with Crippen molar-refractivity contribution in [3.8, 4) is 0 Å². The van der Waals surface area contributed by atoms with Gasteiger partial charge in [0, 0.05) is 53.0 Å². The maximum absolute atomic E-state index is 8.56. The van der Waals surface area contributed by atoms with Crippen LogP contribution in [0.3, 0.4) is 0 Å². The molecule has 0 unspecified atom stereocenters. The summed E-state index contributed by atoms with van der Waals surface area (Å²) in [5, 5.41) is 13.9. The van der Waals surface area contributed by atoms with Crippen LogP contribution < -0.4 is 0 Å². The molecule has 3 nitrogen and oxygen atoms in total. The van der Waals surface area contributed by atoms with Crippen molar-refractivity contribution in [1.29, 1.82) is 0 Å². The molecule has 1 radical (unpaired) electrons. The number of carboxylic acid groups (broad SMARTS) is 2. The molecule has 0 spiro atoms. The van der Waals surface area contributed by atoms with Gasteiger partial charge in [-0.05, 0) is 0 Å². The van der Waals surface area contributed by atoms with Gasteiger partial charge in [-0.25, -0.2) is 4.79 Å². The molecule has 0 amide bonds. The maximum Gasteiger partial charge on any atom is 0.503 e. The van der Waals surface area contributed by atoms with Crippen molar-refractivity contribution >= 4 is 6.16 Å². The van der Waals surface area contributed by atoms with Crippen LogP contribution in [0.1, 0.15) is 0 Å². The van der Waals surface area contributed by atoms with Gasteiger partial charge in [-0.15, -0.1) is 0 Å². The number of rotatable bonds is 0. The predicted molar refractivity (Wildman–Crippen MR) is 10.7 cm³/mol. The second kappa shape index (κ2) is 15.8. The average molecular weight is 241 g/mol. The van der Waals surface area contributed by atoms with Crippen LogP contribution in [-0.4, -0.2) is 16.4 Å². The van der Waals surface area contributed by atoms with Crippen LogP contribution in [0, 0.1) is 0 Å². The van der Waals surface area contributed by atoms with E-state index >= 15 is 0 Å². The summed E-state index contributed by atoms with van der Waals surface area (Å²) in [4.78, 5) is 8.56. The van der Waals surface area contributed by atoms with Gasteiger partial charge in [0.1, 0.15) is 0 Å². The quantitative estimate of drug-likeness (QED) is 0.596. The Balaban J connectivity index is -0.0000000150. The van der Waals surface area contributed by atoms with Crippen molar-refractivity contribution in [2.45, 2.75) is 0 Å². The van der Waals surface area contributed by atoms with Crippen LogP contribution in [0.15, 0.2) is 0 Å². The van der Waals surface area contributed by atoms with E-state index in [4.69, 9.17) is 15.0 Å². The molecule has 0 saturated carbocycles. The molecule has 0 fully saturated rings. The summed E-state index contributed by atoms with van der Waals surface area (Å²) >= 11 is 0. The van der Waals surface area contributed by atoms with Crippen molar-refractivity contribution in [3.63, 3.8) is 0 Å². The van der Waals surface area contributed by atoms with Crippen LogP contribution in [0.25, 0.3) is 0 Å². The molecular formula is CH2MnNiO3Zn. The molecule has 0 aromatic heterocycles. The van der Waals surface area contributed by atoms with E-state index < -0.39 is 6.16 Å². The Hall–Kier alpha value is 0.906. The minimum Gasteiger partial charge on any atom is -0.450 e. The zero-order valence-corrected chi connectivity index (χ0v) is 8.34. The summed E-state index contributed by atoms with van der Waals surface area (Å²) < 4.78 is 0. The molecule has 6 heteroatoms. The van der Waals surface area contributed by atoms with Gasteiger partial charge in [-0.3, -0.25) is 0 Å². The van der Waals surface area contributed by atoms with E-state index in [1.165, 1.54) is 0 Å². The topological polar surface area (TPSA) is 57.5 Å². The summed E-state index contributed by atoms with van der Waals surface area (Å²) in [5.41, 5.74) is 0. The van der Waals surface area contributed by atoms with E-state index in [0.717, 1.165) is 0 Å². The van der Waals surface area contributed by atoms with E-state index in [-0.39, 0.29) is 53.0 Å². The molecule has 0 bridgehead atoms. The van der Waals surface area contributed by atoms with Crippen molar-refractivity contribution in [3.05, 3.63) is 0 Å². The van der Waals surface area contributed by atoms with Gasteiger partial charge in [-0.2, -0.15) is 0 Å². The molecule has 2 N–H and O–H groups in total. The zero-order valence-electron chi connectivity index (χ0n) is 3.20. The second-order valence-electron chi connectivity index (χ2n) is 0.283. The summed E-state index contributed by atoms with van der Waals surface area (Å²) in [5.74, 6) is 0. The van der Waals surface area contributed by atoms with E-state index in [1.54, 1.807) is 0 Å². The Morgan fingerprint density at radius 1 is 1.29 bits per heavy atom. The van der Waals surface area contributed by atoms with Crippen LogP contribution in [-0.2, 0) is 53.0 Å². The third kappa shape index (κ3) is 202. The van der Waals surface area contributed by atoms with Gasteiger partial charge >= 0.3 is 6.16 Å². The maximum atomic E-state index is 8.56. The fourth-order valence-corrected chi connectivity index (χ4v) is 0. The summed E-state index contributed by atoms with van der Waals surface area (Å²) in [7, 11) is 0. The molecule has 0 aliphatic carbocycles. The minimum absolute atomic E-state index is 0. The first-order valence-electron chi connectivity index (χ1n) is 0.651. The molecule has 0 rings (SSSR count). The molecule has 0 heterocycles. The molecule has 0 aliphatic heterocycles. The first-order valence-corrected chi connectivity index (χ1v) is 0.651. The molecule has 0 aliphatic rings. The Kier molecular flexibility index (Phi) is 55.7. The van der Waals surface area contributed by atoms with Gasteiger partial charge < -0.3 is 10.2 Å². The largest absolute Gasteiger partial charge is 0.503 e. The normalized spacial score (nSPS) is 3.43. The molecule has 0 aromatic rings. The Morgan fingerprint density at radius 3 is 1.29 bits per heavy atom. The third-order valence-corrected chi connectivity index (χ3v) is 0. The third-order valence-electron chi connectivity index (χ3n) is 0. The molecule has 7 heavy (non-hydrogen) atoms. The Bertz CT molecular complexity index is 37.9. The zero-order chi connectivity index (χ0) is 3.58. The van der Waals surface area contributed by atoms with Crippen LogP contribution >= 0.6 is 0 Å². The number of hydrogen-bond acceptors (Lipinski definition) is 1. The van der Waals surface area contributed by atoms with E-state index in [1.807, 2.05) is 0 Å². The Labute approximate surface area is 74.0 Å². The fraction of sp³-hybridized carbons (Fsp3) is 0. The molecule has 0 aromatic carbocycles. The average Bonchev–Trinajstić information content (AvgIpc) is 0.811. The molecule has 0 atom stereocenters. The molecule has 0 saturated heterocycles. The number of carbonyl (C=O) groups is 1. The van der Waals surface area contributed by atoms with E-state index in [0.29, 0.717) is 0 Å². The molecular weight excluding hydrogens is 239 g/mol. The minimum atomic E-state index is -1.83. The first kappa shape index (κ1) is 24.7. The van der Waals surface area contributed by atoms with Gasteiger partial charge in [0.05, 0.1) is 0 Å². The van der Waals surface area contributed by atoms with Gasteiger partial charge in [0.2, 0.25) is 0 Å². The molecule has 43 valence electrons. The summed E-state index contributed by atoms with van der Waals surface area (Å²) in [6.07, 6.45) is -1.83. The summed E-state index contributed by atoms with van der Waals surface area (Å²) in [6, 6.07) is 0. The first-order chi connectivity index (χ1) is 1.73. The van der Waals surface area contributed by atoms with Crippen molar-refractivity contribution in [2.24, 2.45) is 0 Å². The van der Waals surface area contributed by atoms with Crippen molar-refractivity contribution in [1.82, 2.24) is 0 Å². The van der Waals surface area contributed by atoms with Crippen LogP contribution in [0.4, 0.5) is 4.79 Å². The van der Waals surface area contributed by atoms with Gasteiger partial charge in [0.15, 0.2) is 0 Å². The van der Waals surface area contributed by atoms with Gasteiger partial charge in [-0.1, -0.05) is 0 Å². The SMILES string of the molecule is O=C(O)O.[Mn].[Ni].[Zn]. The van der Waals surface area contributed by atoms with Crippen molar-refractivity contribution < 1.29 is 68.0 Å². The fourth-order valence-electron chi connectivity index (χ4n) is 0. The smallest absolute Gasteiger partial charge is 0.450 e. The number of hydrogen-bond donors (Lipinski definition) is 2. The van der Waals surface area contributed by atoms with Crippen LogP contribution in [0.2, 0.25) is 0 Å². The predicted octanol–water partition coefficient (Wildman–Crippen LogP) is 0.215. The Morgan fingerprint density at radius 2 is 1.29 bits per heavy atom. The monoisotopic (exact) mass is 239 g/mol. The summed E-state index contributed by atoms with van der Waals surface area (Å²) in [6.45, 7) is 0. The van der Waals surface area contributed by atoms with Crippen molar-refractivity contribution in [2.75, 3.05) is 0 Å². The van der Waals surface area contributed by atoms with E-state index in [9.17, 15) is 0 Å². The van der Waals surface area contributed by atoms with Crippen LogP contribution in [0.5, 0.6) is 0 Å². The van der Waals surface area contributed by atoms with E-state index in [2.05, 4.69) is 0 Å².